The molecule has 5 heteroatoms. The summed E-state index contributed by atoms with van der Waals surface area (Å²) in [6.45, 7) is 4.49. The SMILES string of the molecule is C[C@H]1CC(Oc2ccc(S(N)(=O)=O)cc2)C[C@H](C)C1. The Hall–Kier alpha value is -1.07. The van der Waals surface area contributed by atoms with Crippen molar-refractivity contribution >= 4 is 10.0 Å². The highest BCUT2D eigenvalue weighted by Gasteiger charge is 2.25. The van der Waals surface area contributed by atoms with E-state index in [1.54, 1.807) is 12.1 Å². The van der Waals surface area contributed by atoms with Crippen molar-refractivity contribution in [3.8, 4) is 5.75 Å². The Kier molecular flexibility index (Phi) is 4.16. The lowest BCUT2D eigenvalue weighted by molar-refractivity contribution is 0.101. The van der Waals surface area contributed by atoms with Crippen LogP contribution < -0.4 is 9.88 Å². The van der Waals surface area contributed by atoms with Crippen LogP contribution >= 0.6 is 0 Å². The standard InChI is InChI=1S/C14H21NO3S/c1-10-7-11(2)9-13(8-10)18-12-3-5-14(6-4-12)19(15,16)17/h3-6,10-11,13H,7-9H2,1-2H3,(H2,15,16,17)/t10-,11-/m1/s1. The summed E-state index contributed by atoms with van der Waals surface area (Å²) in [5, 5.41) is 5.06. The van der Waals surface area contributed by atoms with E-state index < -0.39 is 10.0 Å². The lowest BCUT2D eigenvalue weighted by Gasteiger charge is -2.31. The summed E-state index contributed by atoms with van der Waals surface area (Å²) in [4.78, 5) is 0.116. The van der Waals surface area contributed by atoms with Gasteiger partial charge < -0.3 is 4.74 Å². The van der Waals surface area contributed by atoms with Crippen LogP contribution in [-0.4, -0.2) is 14.5 Å². The van der Waals surface area contributed by atoms with E-state index in [1.165, 1.54) is 18.6 Å². The molecular formula is C14H21NO3S. The maximum atomic E-state index is 11.2. The van der Waals surface area contributed by atoms with Crippen molar-refractivity contribution in [3.63, 3.8) is 0 Å². The molecule has 1 aliphatic carbocycles. The molecule has 0 heterocycles. The molecule has 2 N–H and O–H groups in total. The van der Waals surface area contributed by atoms with Crippen LogP contribution in [0.15, 0.2) is 29.2 Å². The minimum absolute atomic E-state index is 0.116. The molecule has 0 aromatic heterocycles. The monoisotopic (exact) mass is 283 g/mol. The van der Waals surface area contributed by atoms with Gasteiger partial charge in [0.25, 0.3) is 0 Å². The second-order valence-corrected chi connectivity index (χ2v) is 7.24. The summed E-state index contributed by atoms with van der Waals surface area (Å²) in [6, 6.07) is 6.31. The topological polar surface area (TPSA) is 69.4 Å². The van der Waals surface area contributed by atoms with Gasteiger partial charge in [-0.2, -0.15) is 0 Å². The predicted octanol–water partition coefficient (Wildman–Crippen LogP) is 2.54. The maximum Gasteiger partial charge on any atom is 0.238 e. The van der Waals surface area contributed by atoms with Crippen LogP contribution in [0.2, 0.25) is 0 Å². The molecular weight excluding hydrogens is 262 g/mol. The fourth-order valence-corrected chi connectivity index (χ4v) is 3.39. The zero-order valence-corrected chi connectivity index (χ0v) is 12.2. The molecule has 0 aliphatic heterocycles. The van der Waals surface area contributed by atoms with Gasteiger partial charge in [0.2, 0.25) is 10.0 Å². The second kappa shape index (κ2) is 5.51. The van der Waals surface area contributed by atoms with Gasteiger partial charge in [-0.1, -0.05) is 13.8 Å². The van der Waals surface area contributed by atoms with Gasteiger partial charge in [0.05, 0.1) is 11.0 Å². The van der Waals surface area contributed by atoms with Gasteiger partial charge >= 0.3 is 0 Å². The third-order valence-electron chi connectivity index (χ3n) is 3.59. The summed E-state index contributed by atoms with van der Waals surface area (Å²) in [7, 11) is -3.63. The average molecular weight is 283 g/mol. The molecule has 0 spiro atoms. The molecule has 0 amide bonds. The Labute approximate surface area is 115 Å². The fourth-order valence-electron chi connectivity index (χ4n) is 2.87. The van der Waals surface area contributed by atoms with Gasteiger partial charge in [-0.15, -0.1) is 0 Å². The van der Waals surface area contributed by atoms with Crippen molar-refractivity contribution in [3.05, 3.63) is 24.3 Å². The molecule has 19 heavy (non-hydrogen) atoms. The van der Waals surface area contributed by atoms with Crippen molar-refractivity contribution in [2.24, 2.45) is 17.0 Å². The van der Waals surface area contributed by atoms with Crippen LogP contribution in [-0.2, 0) is 10.0 Å². The van der Waals surface area contributed by atoms with E-state index in [4.69, 9.17) is 9.88 Å². The van der Waals surface area contributed by atoms with E-state index in [-0.39, 0.29) is 11.0 Å². The quantitative estimate of drug-likeness (QED) is 0.926. The number of nitrogens with two attached hydrogens (primary N) is 1. The van der Waals surface area contributed by atoms with Crippen molar-refractivity contribution < 1.29 is 13.2 Å². The van der Waals surface area contributed by atoms with Crippen LogP contribution in [0.5, 0.6) is 5.75 Å². The highest BCUT2D eigenvalue weighted by Crippen LogP contribution is 2.31. The highest BCUT2D eigenvalue weighted by atomic mass is 32.2. The van der Waals surface area contributed by atoms with Crippen LogP contribution in [0.1, 0.15) is 33.1 Å². The van der Waals surface area contributed by atoms with Gasteiger partial charge in [-0.25, -0.2) is 13.6 Å². The molecule has 2 rings (SSSR count). The summed E-state index contributed by atoms with van der Waals surface area (Å²) in [5.74, 6) is 2.06. The molecule has 0 bridgehead atoms. The molecule has 0 saturated heterocycles. The van der Waals surface area contributed by atoms with Crippen molar-refractivity contribution in [1.82, 2.24) is 0 Å². The van der Waals surface area contributed by atoms with Crippen molar-refractivity contribution in [2.45, 2.75) is 44.1 Å². The van der Waals surface area contributed by atoms with E-state index >= 15 is 0 Å². The smallest absolute Gasteiger partial charge is 0.238 e. The zero-order valence-electron chi connectivity index (χ0n) is 11.4. The van der Waals surface area contributed by atoms with E-state index in [0.717, 1.165) is 12.8 Å². The van der Waals surface area contributed by atoms with Crippen LogP contribution in [0.3, 0.4) is 0 Å². The number of ether oxygens (including phenoxy) is 1. The molecule has 106 valence electrons. The third kappa shape index (κ3) is 3.94. The minimum atomic E-state index is -3.63. The first-order chi connectivity index (χ1) is 8.84. The first-order valence-electron chi connectivity index (χ1n) is 6.64. The number of rotatable bonds is 3. The molecule has 0 radical (unpaired) electrons. The fraction of sp³-hybridized carbons (Fsp3) is 0.571. The molecule has 1 aromatic carbocycles. The lowest BCUT2D eigenvalue weighted by Crippen LogP contribution is -2.28. The Bertz CT molecular complexity index is 514. The van der Waals surface area contributed by atoms with Crippen molar-refractivity contribution in [2.75, 3.05) is 0 Å². The molecule has 0 unspecified atom stereocenters. The van der Waals surface area contributed by atoms with Gasteiger partial charge in [-0.3, -0.25) is 0 Å². The van der Waals surface area contributed by atoms with Crippen molar-refractivity contribution in [1.29, 1.82) is 0 Å². The number of hydrogen-bond donors (Lipinski definition) is 1. The summed E-state index contributed by atoms with van der Waals surface area (Å²) in [5.41, 5.74) is 0. The molecule has 1 saturated carbocycles. The Morgan fingerprint density at radius 3 is 2.05 bits per heavy atom. The molecule has 4 nitrogen and oxygen atoms in total. The van der Waals surface area contributed by atoms with E-state index in [9.17, 15) is 8.42 Å². The number of primary sulfonamides is 1. The number of benzene rings is 1. The summed E-state index contributed by atoms with van der Waals surface area (Å²) >= 11 is 0. The Balaban J connectivity index is 2.03. The van der Waals surface area contributed by atoms with Crippen LogP contribution in [0, 0.1) is 11.8 Å². The number of hydrogen-bond acceptors (Lipinski definition) is 3. The van der Waals surface area contributed by atoms with Crippen LogP contribution in [0.4, 0.5) is 0 Å². The number of sulfonamides is 1. The van der Waals surface area contributed by atoms with Gasteiger partial charge in [0.1, 0.15) is 5.75 Å². The first kappa shape index (κ1) is 14.3. The molecule has 1 aliphatic rings. The largest absolute Gasteiger partial charge is 0.490 e. The normalized spacial score (nSPS) is 28.1. The second-order valence-electron chi connectivity index (χ2n) is 5.67. The first-order valence-corrected chi connectivity index (χ1v) is 8.18. The third-order valence-corrected chi connectivity index (χ3v) is 4.52. The highest BCUT2D eigenvalue weighted by molar-refractivity contribution is 7.89. The Morgan fingerprint density at radius 2 is 1.58 bits per heavy atom. The summed E-state index contributed by atoms with van der Waals surface area (Å²) < 4.78 is 28.2. The molecule has 1 aromatic rings. The maximum absolute atomic E-state index is 11.2. The average Bonchev–Trinajstić information content (AvgIpc) is 2.26. The van der Waals surface area contributed by atoms with E-state index in [1.807, 2.05) is 0 Å². The molecule has 1 fully saturated rings. The van der Waals surface area contributed by atoms with E-state index in [0.29, 0.717) is 17.6 Å². The lowest BCUT2D eigenvalue weighted by atomic mass is 9.82. The van der Waals surface area contributed by atoms with Crippen LogP contribution in [0.25, 0.3) is 0 Å². The Morgan fingerprint density at radius 1 is 1.05 bits per heavy atom. The van der Waals surface area contributed by atoms with Gasteiger partial charge in [-0.05, 0) is 55.4 Å². The summed E-state index contributed by atoms with van der Waals surface area (Å²) in [6.07, 6.45) is 3.59. The van der Waals surface area contributed by atoms with E-state index in [2.05, 4.69) is 13.8 Å². The molecule has 2 atom stereocenters. The predicted molar refractivity (Wildman–Crippen MR) is 74.4 cm³/mol. The van der Waals surface area contributed by atoms with Gasteiger partial charge in [0.15, 0.2) is 0 Å². The van der Waals surface area contributed by atoms with Gasteiger partial charge in [0, 0.05) is 0 Å². The zero-order chi connectivity index (χ0) is 14.0. The minimum Gasteiger partial charge on any atom is -0.490 e.